The van der Waals surface area contributed by atoms with Crippen LogP contribution < -0.4 is 5.32 Å². The summed E-state index contributed by atoms with van der Waals surface area (Å²) < 4.78 is 5.48. The summed E-state index contributed by atoms with van der Waals surface area (Å²) in [4.78, 5) is 24.6. The van der Waals surface area contributed by atoms with Crippen molar-refractivity contribution in [3.05, 3.63) is 36.5 Å². The second-order valence-electron chi connectivity index (χ2n) is 26.3. The van der Waals surface area contributed by atoms with Gasteiger partial charge in [0.1, 0.15) is 0 Å². The fraction of sp³-hybridized carbons (Fsp3) is 0.897. The molecule has 0 aliphatic rings. The van der Waals surface area contributed by atoms with Crippen LogP contribution in [0, 0.1) is 0 Å². The van der Waals surface area contributed by atoms with E-state index in [1.807, 2.05) is 0 Å². The van der Waals surface area contributed by atoms with Crippen molar-refractivity contribution in [1.82, 2.24) is 5.32 Å². The lowest BCUT2D eigenvalue weighted by Gasteiger charge is -2.22. The molecule has 0 aliphatic heterocycles. The molecule has 0 saturated carbocycles. The van der Waals surface area contributed by atoms with Gasteiger partial charge in [-0.3, -0.25) is 9.59 Å². The largest absolute Gasteiger partial charge is 0.466 e. The normalized spacial score (nSPS) is 12.7. The monoisotopic (exact) mass is 1180 g/mol. The van der Waals surface area contributed by atoms with E-state index in [0.717, 1.165) is 51.4 Å². The van der Waals surface area contributed by atoms with Gasteiger partial charge in [0, 0.05) is 12.8 Å². The first-order chi connectivity index (χ1) is 41.5. The van der Waals surface area contributed by atoms with E-state index in [-0.39, 0.29) is 18.5 Å². The molecule has 6 nitrogen and oxygen atoms in total. The average molecular weight is 1180 g/mol. The number of aliphatic hydroxyl groups is 2. The standard InChI is InChI=1S/C78H149NO5/c1-3-5-7-9-11-13-15-17-18-19-20-21-31-34-37-40-43-47-50-54-58-62-66-70-76(81)75(74-80)79-77(82)71-67-63-59-55-51-48-44-41-38-35-32-29-27-25-23-22-24-26-28-30-33-36-39-42-45-49-53-57-61-65-69-73-84-78(83)72-68-64-60-56-52-46-16-14-12-10-8-6-4-2/h8,10,14,16,24,26,75-76,80-81H,3-7,9,11-13,15,17-23,25,27-74H2,1-2H3,(H,79,82)/b10-8-,16-14-,26-24-. The lowest BCUT2D eigenvalue weighted by molar-refractivity contribution is -0.143. The first-order valence-electron chi connectivity index (χ1n) is 38.2. The van der Waals surface area contributed by atoms with Gasteiger partial charge in [0.25, 0.3) is 0 Å². The van der Waals surface area contributed by atoms with Crippen molar-refractivity contribution in [2.24, 2.45) is 0 Å². The van der Waals surface area contributed by atoms with Crippen LogP contribution in [0.3, 0.4) is 0 Å². The summed E-state index contributed by atoms with van der Waals surface area (Å²) in [5, 5.41) is 23.5. The minimum absolute atomic E-state index is 0.00284. The zero-order valence-corrected chi connectivity index (χ0v) is 56.9. The van der Waals surface area contributed by atoms with E-state index >= 15 is 0 Å². The Morgan fingerprint density at radius 2 is 0.619 bits per heavy atom. The molecule has 1 amide bonds. The molecule has 3 N–H and O–H groups in total. The maximum atomic E-state index is 12.6. The number of nitrogens with one attached hydrogen (secondary N) is 1. The van der Waals surface area contributed by atoms with E-state index in [1.165, 1.54) is 340 Å². The second kappa shape index (κ2) is 73.5. The lowest BCUT2D eigenvalue weighted by Crippen LogP contribution is -2.45. The van der Waals surface area contributed by atoms with E-state index < -0.39 is 12.1 Å². The van der Waals surface area contributed by atoms with Gasteiger partial charge < -0.3 is 20.3 Å². The Morgan fingerprint density at radius 1 is 0.333 bits per heavy atom. The zero-order chi connectivity index (χ0) is 60.6. The van der Waals surface area contributed by atoms with Gasteiger partial charge in [-0.1, -0.05) is 371 Å². The molecule has 6 heteroatoms. The fourth-order valence-corrected chi connectivity index (χ4v) is 12.1. The molecule has 0 radical (unpaired) electrons. The van der Waals surface area contributed by atoms with Crippen LogP contribution >= 0.6 is 0 Å². The molecule has 0 rings (SSSR count). The van der Waals surface area contributed by atoms with Crippen molar-refractivity contribution in [2.45, 2.75) is 437 Å². The van der Waals surface area contributed by atoms with E-state index in [9.17, 15) is 19.8 Å². The van der Waals surface area contributed by atoms with Gasteiger partial charge in [0.15, 0.2) is 0 Å². The van der Waals surface area contributed by atoms with Crippen LogP contribution in [0.25, 0.3) is 0 Å². The summed E-state index contributed by atoms with van der Waals surface area (Å²) in [5.74, 6) is -0.0251. The molecular formula is C78H149NO5. The molecule has 0 bridgehead atoms. The molecule has 0 aromatic heterocycles. The molecule has 0 fully saturated rings. The third kappa shape index (κ3) is 69.2. The number of carbonyl (C=O) groups is 2. The van der Waals surface area contributed by atoms with E-state index in [0.29, 0.717) is 25.9 Å². The number of allylic oxidation sites excluding steroid dienone is 6. The van der Waals surface area contributed by atoms with Crippen molar-refractivity contribution >= 4 is 11.9 Å². The quantitative estimate of drug-likeness (QED) is 0.0320. The molecular weight excluding hydrogens is 1030 g/mol. The van der Waals surface area contributed by atoms with Crippen LogP contribution in [-0.2, 0) is 14.3 Å². The topological polar surface area (TPSA) is 95.9 Å². The molecule has 0 spiro atoms. The molecule has 0 aliphatic carbocycles. The van der Waals surface area contributed by atoms with Crippen molar-refractivity contribution in [3.8, 4) is 0 Å². The van der Waals surface area contributed by atoms with Crippen molar-refractivity contribution < 1.29 is 24.5 Å². The first-order valence-corrected chi connectivity index (χ1v) is 38.2. The van der Waals surface area contributed by atoms with Gasteiger partial charge in [0.2, 0.25) is 5.91 Å². The zero-order valence-electron chi connectivity index (χ0n) is 56.9. The molecule has 0 heterocycles. The van der Waals surface area contributed by atoms with Gasteiger partial charge in [-0.25, -0.2) is 0 Å². The number of rotatable bonds is 72. The summed E-state index contributed by atoms with van der Waals surface area (Å²) in [7, 11) is 0. The van der Waals surface area contributed by atoms with Crippen LogP contribution in [-0.4, -0.2) is 47.4 Å². The number of amides is 1. The minimum atomic E-state index is -0.664. The first kappa shape index (κ1) is 82.1. The average Bonchev–Trinajstić information content (AvgIpc) is 3.51. The molecule has 84 heavy (non-hydrogen) atoms. The predicted molar refractivity (Wildman–Crippen MR) is 370 cm³/mol. The van der Waals surface area contributed by atoms with E-state index in [4.69, 9.17) is 4.74 Å². The van der Waals surface area contributed by atoms with Gasteiger partial charge in [-0.15, -0.1) is 0 Å². The molecule has 0 aromatic rings. The third-order valence-electron chi connectivity index (χ3n) is 17.9. The molecule has 2 unspecified atom stereocenters. The Bertz CT molecular complexity index is 1360. The molecule has 0 aromatic carbocycles. The maximum Gasteiger partial charge on any atom is 0.305 e. The van der Waals surface area contributed by atoms with Gasteiger partial charge in [0.05, 0.1) is 25.4 Å². The van der Waals surface area contributed by atoms with E-state index in [1.54, 1.807) is 0 Å². The van der Waals surface area contributed by atoms with Crippen molar-refractivity contribution in [2.75, 3.05) is 13.2 Å². The highest BCUT2D eigenvalue weighted by Crippen LogP contribution is 2.19. The lowest BCUT2D eigenvalue weighted by atomic mass is 10.0. The Labute approximate surface area is 525 Å². The summed E-state index contributed by atoms with van der Waals surface area (Å²) in [5.41, 5.74) is 0. The highest BCUT2D eigenvalue weighted by Gasteiger charge is 2.20. The number of ether oxygens (including phenoxy) is 1. The highest BCUT2D eigenvalue weighted by molar-refractivity contribution is 5.76. The minimum Gasteiger partial charge on any atom is -0.466 e. The summed E-state index contributed by atoms with van der Waals surface area (Å²) >= 11 is 0. The highest BCUT2D eigenvalue weighted by atomic mass is 16.5. The maximum absolute atomic E-state index is 12.6. The number of esters is 1. The predicted octanol–water partition coefficient (Wildman–Crippen LogP) is 25.0. The smallest absolute Gasteiger partial charge is 0.305 e. The number of hydrogen-bond donors (Lipinski definition) is 3. The Balaban J connectivity index is 3.37. The van der Waals surface area contributed by atoms with Gasteiger partial charge in [-0.2, -0.15) is 0 Å². The number of carbonyl (C=O) groups excluding carboxylic acids is 2. The van der Waals surface area contributed by atoms with Crippen molar-refractivity contribution in [1.29, 1.82) is 0 Å². The Hall–Kier alpha value is -1.92. The Kier molecular flexibility index (Phi) is 71.9. The molecule has 496 valence electrons. The third-order valence-corrected chi connectivity index (χ3v) is 17.9. The van der Waals surface area contributed by atoms with E-state index in [2.05, 4.69) is 55.6 Å². The number of hydrogen-bond acceptors (Lipinski definition) is 5. The summed E-state index contributed by atoms with van der Waals surface area (Å²) in [6.45, 7) is 4.93. The Morgan fingerprint density at radius 3 is 0.964 bits per heavy atom. The van der Waals surface area contributed by atoms with Gasteiger partial charge >= 0.3 is 5.97 Å². The second-order valence-corrected chi connectivity index (χ2v) is 26.3. The summed E-state index contributed by atoms with van der Waals surface area (Å²) in [6.07, 6.45) is 95.1. The summed E-state index contributed by atoms with van der Waals surface area (Å²) in [6, 6.07) is -0.541. The number of unbranched alkanes of at least 4 members (excludes halogenated alkanes) is 55. The van der Waals surface area contributed by atoms with Crippen LogP contribution in [0.1, 0.15) is 425 Å². The molecule has 2 atom stereocenters. The fourth-order valence-electron chi connectivity index (χ4n) is 12.1. The van der Waals surface area contributed by atoms with Gasteiger partial charge in [-0.05, 0) is 77.0 Å². The van der Waals surface area contributed by atoms with Crippen LogP contribution in [0.4, 0.5) is 0 Å². The molecule has 0 saturated heterocycles. The van der Waals surface area contributed by atoms with Crippen LogP contribution in [0.15, 0.2) is 36.5 Å². The van der Waals surface area contributed by atoms with Crippen molar-refractivity contribution in [3.63, 3.8) is 0 Å². The SMILES string of the molecule is CCC/C=C\C/C=C\CCCCCCCC(=O)OCCCCCCCCCCCCCC/C=C\CCCCCCCCCCCCCCCCCC(=O)NC(CO)C(O)CCCCCCCCCCCCCCCCCCCCCCCCC. The van der Waals surface area contributed by atoms with Crippen LogP contribution in [0.2, 0.25) is 0 Å². The van der Waals surface area contributed by atoms with Crippen LogP contribution in [0.5, 0.6) is 0 Å². The number of aliphatic hydroxyl groups excluding tert-OH is 2.